The van der Waals surface area contributed by atoms with Crippen molar-refractivity contribution >= 4 is 23.1 Å². The summed E-state index contributed by atoms with van der Waals surface area (Å²) in [5.74, 6) is 1.41. The predicted molar refractivity (Wildman–Crippen MR) is 103 cm³/mol. The summed E-state index contributed by atoms with van der Waals surface area (Å²) < 4.78 is 7.82. The van der Waals surface area contributed by atoms with E-state index in [0.29, 0.717) is 23.2 Å². The fraction of sp³-hybridized carbons (Fsp3) is 0.278. The number of nitrogens with one attached hydrogen (secondary N) is 1. The smallest absolute Gasteiger partial charge is 0.180 e. The highest BCUT2D eigenvalue weighted by Crippen LogP contribution is 2.31. The molecule has 0 amide bonds. The minimum Gasteiger partial charge on any atom is -0.369 e. The van der Waals surface area contributed by atoms with Crippen molar-refractivity contribution in [1.82, 2.24) is 34.5 Å². The first-order valence-corrected chi connectivity index (χ1v) is 9.27. The van der Waals surface area contributed by atoms with Crippen LogP contribution in [0.5, 0.6) is 0 Å². The molecule has 1 N–H and O–H groups in total. The van der Waals surface area contributed by atoms with Crippen LogP contribution in [0.15, 0.2) is 43.2 Å². The molecule has 0 aromatic carbocycles. The molecule has 1 saturated heterocycles. The molecule has 142 valence electrons. The number of hydrogen-bond acceptors (Lipinski definition) is 7. The van der Waals surface area contributed by atoms with E-state index in [-0.39, 0.29) is 12.1 Å². The molecule has 2 atom stereocenters. The zero-order chi connectivity index (χ0) is 19.1. The van der Waals surface area contributed by atoms with E-state index in [0.717, 1.165) is 23.6 Å². The van der Waals surface area contributed by atoms with Crippen molar-refractivity contribution in [2.45, 2.75) is 19.1 Å². The molecule has 10 heteroatoms. The van der Waals surface area contributed by atoms with Crippen LogP contribution >= 0.6 is 11.6 Å². The van der Waals surface area contributed by atoms with E-state index in [9.17, 15) is 0 Å². The summed E-state index contributed by atoms with van der Waals surface area (Å²) in [7, 11) is 0. The maximum Gasteiger partial charge on any atom is 0.180 e. The summed E-state index contributed by atoms with van der Waals surface area (Å²) in [6, 6.07) is 2.00. The zero-order valence-electron chi connectivity index (χ0n) is 15.0. The summed E-state index contributed by atoms with van der Waals surface area (Å²) in [6.07, 6.45) is 10.4. The van der Waals surface area contributed by atoms with E-state index < -0.39 is 0 Å². The summed E-state index contributed by atoms with van der Waals surface area (Å²) in [4.78, 5) is 19.9. The molecule has 1 aliphatic rings. The van der Waals surface area contributed by atoms with Gasteiger partial charge in [-0.3, -0.25) is 9.50 Å². The maximum atomic E-state index is 6.04. The number of nitrogens with zero attached hydrogens (tertiary/aromatic N) is 7. The molecule has 0 radical (unpaired) electrons. The number of halogens is 1. The van der Waals surface area contributed by atoms with Gasteiger partial charge in [-0.05, 0) is 13.0 Å². The highest BCUT2D eigenvalue weighted by molar-refractivity contribution is 6.29. The molecule has 9 nitrogen and oxygen atoms in total. The topological polar surface area (TPSA) is 97.1 Å². The fourth-order valence-electron chi connectivity index (χ4n) is 3.56. The third kappa shape index (κ3) is 2.88. The molecule has 0 bridgehead atoms. The van der Waals surface area contributed by atoms with Gasteiger partial charge in [-0.25, -0.2) is 19.9 Å². The molecular weight excluding hydrogens is 380 g/mol. The lowest BCUT2D eigenvalue weighted by molar-refractivity contribution is 0.0143. The second-order valence-electron chi connectivity index (χ2n) is 6.58. The third-order valence-electron chi connectivity index (χ3n) is 4.94. The second kappa shape index (κ2) is 6.84. The standard InChI is InChI=1S/C18H17ClN8O/c1-11-17(12-6-23-24-7-12)28-5-4-26(11)15-2-3-20-18(25-15)13-8-22-16-9-21-14(19)10-27(13)16/h2-3,6-11,17H,4-5H2,1H3,(H,23,24)/t11-,17-/m0/s1. The van der Waals surface area contributed by atoms with Crippen molar-refractivity contribution in [2.75, 3.05) is 18.1 Å². The quantitative estimate of drug-likeness (QED) is 0.568. The molecule has 28 heavy (non-hydrogen) atoms. The monoisotopic (exact) mass is 396 g/mol. The van der Waals surface area contributed by atoms with E-state index in [2.05, 4.69) is 37.0 Å². The van der Waals surface area contributed by atoms with Crippen molar-refractivity contribution < 1.29 is 4.74 Å². The number of aromatic amines is 1. The van der Waals surface area contributed by atoms with E-state index >= 15 is 0 Å². The van der Waals surface area contributed by atoms with Crippen molar-refractivity contribution in [3.05, 3.63) is 54.0 Å². The lowest BCUT2D eigenvalue weighted by Gasteiger charge is -2.39. The van der Waals surface area contributed by atoms with Crippen LogP contribution in [0.4, 0.5) is 5.82 Å². The average Bonchev–Trinajstić information content (AvgIpc) is 3.38. The number of H-pyrrole nitrogens is 1. The molecule has 0 saturated carbocycles. The number of morpholine rings is 1. The predicted octanol–water partition coefficient (Wildman–Crippen LogP) is 2.53. The summed E-state index contributed by atoms with van der Waals surface area (Å²) in [5.41, 5.74) is 2.47. The van der Waals surface area contributed by atoms with Crippen molar-refractivity contribution in [3.63, 3.8) is 0 Å². The Kier molecular flexibility index (Phi) is 4.18. The highest BCUT2D eigenvalue weighted by atomic mass is 35.5. The molecule has 5 rings (SSSR count). The van der Waals surface area contributed by atoms with Crippen LogP contribution in [0.3, 0.4) is 0 Å². The van der Waals surface area contributed by atoms with Gasteiger partial charge >= 0.3 is 0 Å². The Balaban J connectivity index is 1.51. The first-order valence-electron chi connectivity index (χ1n) is 8.89. The van der Waals surface area contributed by atoms with E-state index in [1.807, 2.05) is 16.7 Å². The molecule has 1 aliphatic heterocycles. The number of hydrogen-bond donors (Lipinski definition) is 1. The van der Waals surface area contributed by atoms with E-state index in [1.54, 1.807) is 31.0 Å². The largest absolute Gasteiger partial charge is 0.369 e. The number of ether oxygens (including phenoxy) is 1. The molecule has 1 fully saturated rings. The third-order valence-corrected chi connectivity index (χ3v) is 5.13. The molecule has 4 aromatic rings. The normalized spacial score (nSPS) is 20.0. The Morgan fingerprint density at radius 3 is 3.00 bits per heavy atom. The van der Waals surface area contributed by atoms with Gasteiger partial charge in [0.1, 0.15) is 22.8 Å². The van der Waals surface area contributed by atoms with Gasteiger partial charge in [-0.2, -0.15) is 5.10 Å². The zero-order valence-corrected chi connectivity index (χ0v) is 15.8. The van der Waals surface area contributed by atoms with Gasteiger partial charge < -0.3 is 9.64 Å². The molecule has 4 aromatic heterocycles. The molecule has 5 heterocycles. The van der Waals surface area contributed by atoms with Crippen molar-refractivity contribution in [2.24, 2.45) is 0 Å². The van der Waals surface area contributed by atoms with Crippen LogP contribution in [-0.2, 0) is 4.74 Å². The number of fused-ring (bicyclic) bond motifs is 1. The Bertz CT molecular complexity index is 1110. The number of rotatable bonds is 3. The minimum atomic E-state index is -0.0772. The minimum absolute atomic E-state index is 0.0772. The first-order chi connectivity index (χ1) is 13.7. The van der Waals surface area contributed by atoms with Gasteiger partial charge in [-0.1, -0.05) is 11.6 Å². The average molecular weight is 397 g/mol. The highest BCUT2D eigenvalue weighted by Gasteiger charge is 2.31. The number of anilines is 1. The molecule has 0 spiro atoms. The lowest BCUT2D eigenvalue weighted by atomic mass is 10.0. The number of aromatic nitrogens is 7. The fourth-order valence-corrected chi connectivity index (χ4v) is 3.71. The molecule has 0 unspecified atom stereocenters. The van der Waals surface area contributed by atoms with Crippen LogP contribution in [0.25, 0.3) is 17.2 Å². The Morgan fingerprint density at radius 1 is 1.21 bits per heavy atom. The second-order valence-corrected chi connectivity index (χ2v) is 6.96. The van der Waals surface area contributed by atoms with E-state index in [4.69, 9.17) is 21.3 Å². The Morgan fingerprint density at radius 2 is 2.14 bits per heavy atom. The van der Waals surface area contributed by atoms with E-state index in [1.165, 1.54) is 0 Å². The van der Waals surface area contributed by atoms with Gasteiger partial charge in [0, 0.05) is 30.7 Å². The van der Waals surface area contributed by atoms with Crippen molar-refractivity contribution in [1.29, 1.82) is 0 Å². The van der Waals surface area contributed by atoms with Gasteiger partial charge in [0.2, 0.25) is 0 Å². The van der Waals surface area contributed by atoms with Crippen molar-refractivity contribution in [3.8, 4) is 11.5 Å². The first kappa shape index (κ1) is 17.1. The summed E-state index contributed by atoms with van der Waals surface area (Å²) >= 11 is 6.04. The van der Waals surface area contributed by atoms with Gasteiger partial charge in [0.15, 0.2) is 11.5 Å². The number of imidazole rings is 1. The summed E-state index contributed by atoms with van der Waals surface area (Å²) in [6.45, 7) is 3.48. The summed E-state index contributed by atoms with van der Waals surface area (Å²) in [5, 5.41) is 7.27. The van der Waals surface area contributed by atoms with Gasteiger partial charge in [0.05, 0.1) is 31.2 Å². The Hall–Kier alpha value is -3.04. The lowest BCUT2D eigenvalue weighted by Crippen LogP contribution is -2.46. The van der Waals surface area contributed by atoms with Crippen LogP contribution in [0, 0.1) is 0 Å². The molecule has 0 aliphatic carbocycles. The van der Waals surface area contributed by atoms with Crippen LogP contribution < -0.4 is 4.90 Å². The molecular formula is C18H17ClN8O. The SMILES string of the molecule is C[C@H]1[C@@H](c2cn[nH]c2)OCCN1c1ccnc(-c2cnc3cnc(Cl)cn23)n1. The maximum absolute atomic E-state index is 6.04. The van der Waals surface area contributed by atoms with Crippen LogP contribution in [-0.4, -0.2) is 53.7 Å². The van der Waals surface area contributed by atoms with Crippen LogP contribution in [0.2, 0.25) is 5.15 Å². The Labute approximate surface area is 165 Å². The van der Waals surface area contributed by atoms with Gasteiger partial charge in [-0.15, -0.1) is 0 Å². The van der Waals surface area contributed by atoms with Crippen LogP contribution in [0.1, 0.15) is 18.6 Å². The van der Waals surface area contributed by atoms with Gasteiger partial charge in [0.25, 0.3) is 0 Å².